The number of rotatable bonds is 4. The number of hydrogen-bond donors (Lipinski definition) is 2. The van der Waals surface area contributed by atoms with Gasteiger partial charge in [0.05, 0.1) is 5.25 Å². The number of hydrogen-bond acceptors (Lipinski definition) is 5. The van der Waals surface area contributed by atoms with Crippen LogP contribution in [-0.2, 0) is 4.79 Å². The predicted molar refractivity (Wildman–Crippen MR) is 88.6 cm³/mol. The number of nitrogens with zero attached hydrogens (tertiary/aromatic N) is 3. The van der Waals surface area contributed by atoms with Crippen LogP contribution in [0.15, 0.2) is 41.8 Å². The highest BCUT2D eigenvalue weighted by Crippen LogP contribution is 2.23. The van der Waals surface area contributed by atoms with E-state index in [1.807, 2.05) is 34.9 Å². The first-order valence-corrected chi connectivity index (χ1v) is 7.84. The second-order valence-corrected chi connectivity index (χ2v) is 6.37. The number of H-pyrrole nitrogens is 1. The van der Waals surface area contributed by atoms with Crippen LogP contribution < -0.4 is 5.73 Å². The standard InChI is InChI=1S/C14H13N5OS2/c1-8(11(15)20)22-14-17-12-10(13(21)18-14)16-7-19(12)9-5-3-2-4-6-9/h2-8H,1H3,(H2,15,20)(H,17,18,21). The Bertz CT molecular complexity index is 887. The molecule has 0 saturated heterocycles. The monoisotopic (exact) mass is 331 g/mol. The Morgan fingerprint density at radius 2 is 2.14 bits per heavy atom. The summed E-state index contributed by atoms with van der Waals surface area (Å²) in [7, 11) is 0. The van der Waals surface area contributed by atoms with Crippen LogP contribution in [-0.4, -0.2) is 30.7 Å². The van der Waals surface area contributed by atoms with Crippen LogP contribution in [0.25, 0.3) is 16.9 Å². The average molecular weight is 331 g/mol. The maximum absolute atomic E-state index is 11.2. The number of carbonyl (C=O) groups is 1. The summed E-state index contributed by atoms with van der Waals surface area (Å²) in [5.41, 5.74) is 7.61. The first kappa shape index (κ1) is 14.7. The van der Waals surface area contributed by atoms with Gasteiger partial charge in [-0.2, -0.15) is 0 Å². The second kappa shape index (κ2) is 5.90. The van der Waals surface area contributed by atoms with Crippen LogP contribution in [0.3, 0.4) is 0 Å². The van der Waals surface area contributed by atoms with E-state index < -0.39 is 11.2 Å². The lowest BCUT2D eigenvalue weighted by molar-refractivity contribution is -0.117. The van der Waals surface area contributed by atoms with Gasteiger partial charge < -0.3 is 10.7 Å². The normalized spacial score (nSPS) is 12.4. The smallest absolute Gasteiger partial charge is 0.230 e. The van der Waals surface area contributed by atoms with E-state index in [-0.39, 0.29) is 0 Å². The van der Waals surface area contributed by atoms with Crippen molar-refractivity contribution in [1.82, 2.24) is 19.5 Å². The van der Waals surface area contributed by atoms with Crippen molar-refractivity contribution in [2.45, 2.75) is 17.3 Å². The maximum Gasteiger partial charge on any atom is 0.230 e. The molecular formula is C14H13N5OS2. The van der Waals surface area contributed by atoms with E-state index in [0.29, 0.717) is 15.3 Å². The van der Waals surface area contributed by atoms with Gasteiger partial charge in [-0.25, -0.2) is 9.97 Å². The Labute approximate surface area is 135 Å². The number of imidazole rings is 1. The molecule has 0 spiro atoms. The van der Waals surface area contributed by atoms with E-state index in [9.17, 15) is 4.79 Å². The van der Waals surface area contributed by atoms with Crippen molar-refractivity contribution in [1.29, 1.82) is 0 Å². The van der Waals surface area contributed by atoms with Gasteiger partial charge in [0, 0.05) is 5.69 Å². The number of fused-ring (bicyclic) bond motifs is 1. The van der Waals surface area contributed by atoms with Crippen molar-refractivity contribution in [3.8, 4) is 5.69 Å². The lowest BCUT2D eigenvalue weighted by atomic mass is 10.3. The van der Waals surface area contributed by atoms with Gasteiger partial charge in [0.1, 0.15) is 17.5 Å². The number of nitrogens with one attached hydrogen (secondary N) is 1. The number of aromatic amines is 1. The van der Waals surface area contributed by atoms with E-state index in [2.05, 4.69) is 15.0 Å². The van der Waals surface area contributed by atoms with Gasteiger partial charge in [0.15, 0.2) is 9.80 Å². The molecule has 0 aliphatic rings. The number of para-hydroxylation sites is 1. The fourth-order valence-electron chi connectivity index (χ4n) is 1.96. The fourth-order valence-corrected chi connectivity index (χ4v) is 3.01. The molecule has 1 atom stereocenters. The average Bonchev–Trinajstić information content (AvgIpc) is 2.92. The van der Waals surface area contributed by atoms with Gasteiger partial charge in [-0.05, 0) is 19.1 Å². The minimum absolute atomic E-state index is 0.391. The highest BCUT2D eigenvalue weighted by atomic mass is 32.2. The molecule has 1 amide bonds. The molecule has 3 aromatic rings. The third kappa shape index (κ3) is 2.75. The summed E-state index contributed by atoms with van der Waals surface area (Å²) in [4.78, 5) is 23.0. The summed E-state index contributed by atoms with van der Waals surface area (Å²) in [6.07, 6.45) is 1.69. The molecule has 1 unspecified atom stereocenters. The summed E-state index contributed by atoms with van der Waals surface area (Å²) in [6.45, 7) is 1.73. The molecule has 1 aromatic carbocycles. The number of primary amides is 1. The number of aromatic nitrogens is 4. The number of thioether (sulfide) groups is 1. The molecule has 22 heavy (non-hydrogen) atoms. The van der Waals surface area contributed by atoms with E-state index >= 15 is 0 Å². The quantitative estimate of drug-likeness (QED) is 0.435. The summed E-state index contributed by atoms with van der Waals surface area (Å²) in [5.74, 6) is -0.400. The molecular weight excluding hydrogens is 318 g/mol. The number of nitrogens with two attached hydrogens (primary N) is 1. The summed E-state index contributed by atoms with van der Waals surface area (Å²) >= 11 is 6.53. The molecule has 3 N–H and O–H groups in total. The third-order valence-electron chi connectivity index (χ3n) is 3.12. The Kier molecular flexibility index (Phi) is 3.95. The molecule has 0 aliphatic heterocycles. The zero-order valence-electron chi connectivity index (χ0n) is 11.7. The molecule has 6 nitrogen and oxygen atoms in total. The van der Waals surface area contributed by atoms with Crippen molar-refractivity contribution in [3.63, 3.8) is 0 Å². The minimum atomic E-state index is -0.400. The molecule has 0 fully saturated rings. The summed E-state index contributed by atoms with van der Waals surface area (Å²) in [5, 5.41) is 0.144. The van der Waals surface area contributed by atoms with Gasteiger partial charge in [-0.1, -0.05) is 42.2 Å². The molecule has 112 valence electrons. The molecule has 0 saturated carbocycles. The van der Waals surface area contributed by atoms with Gasteiger partial charge in [0.2, 0.25) is 5.91 Å². The second-order valence-electron chi connectivity index (χ2n) is 4.66. The van der Waals surface area contributed by atoms with E-state index in [1.165, 1.54) is 11.8 Å². The van der Waals surface area contributed by atoms with Crippen molar-refractivity contribution in [2.75, 3.05) is 0 Å². The first-order valence-electron chi connectivity index (χ1n) is 6.55. The van der Waals surface area contributed by atoms with Crippen LogP contribution in [0.2, 0.25) is 0 Å². The van der Waals surface area contributed by atoms with Gasteiger partial charge >= 0.3 is 0 Å². The zero-order chi connectivity index (χ0) is 15.7. The van der Waals surface area contributed by atoms with Crippen molar-refractivity contribution in [3.05, 3.63) is 41.3 Å². The SMILES string of the molecule is CC(Sc1nc(=S)c2ncn(-c3ccccc3)c2[nH]1)C(N)=O. The lowest BCUT2D eigenvalue weighted by Gasteiger charge is -2.08. The van der Waals surface area contributed by atoms with E-state index in [1.54, 1.807) is 13.3 Å². The predicted octanol–water partition coefficient (Wildman–Crippen LogP) is 2.44. The summed E-state index contributed by atoms with van der Waals surface area (Å²) in [6, 6.07) is 9.78. The number of amides is 1. The summed E-state index contributed by atoms with van der Waals surface area (Å²) < 4.78 is 2.29. The Morgan fingerprint density at radius 3 is 2.82 bits per heavy atom. The van der Waals surface area contributed by atoms with Crippen LogP contribution >= 0.6 is 24.0 Å². The highest BCUT2D eigenvalue weighted by Gasteiger charge is 2.14. The van der Waals surface area contributed by atoms with Crippen molar-refractivity contribution >= 4 is 41.1 Å². The van der Waals surface area contributed by atoms with Gasteiger partial charge in [-0.3, -0.25) is 9.36 Å². The lowest BCUT2D eigenvalue weighted by Crippen LogP contribution is -2.22. The highest BCUT2D eigenvalue weighted by molar-refractivity contribution is 8.00. The molecule has 2 aromatic heterocycles. The number of benzene rings is 1. The van der Waals surface area contributed by atoms with Crippen LogP contribution in [0, 0.1) is 4.64 Å². The first-order chi connectivity index (χ1) is 10.6. The van der Waals surface area contributed by atoms with Crippen LogP contribution in [0.4, 0.5) is 0 Å². The van der Waals surface area contributed by atoms with Gasteiger partial charge in [0.25, 0.3) is 0 Å². The van der Waals surface area contributed by atoms with Crippen LogP contribution in [0.1, 0.15) is 6.92 Å². The molecule has 3 rings (SSSR count). The molecule has 8 heteroatoms. The topological polar surface area (TPSA) is 89.6 Å². The van der Waals surface area contributed by atoms with E-state index in [0.717, 1.165) is 11.3 Å². The van der Waals surface area contributed by atoms with Crippen molar-refractivity contribution in [2.24, 2.45) is 5.73 Å². The third-order valence-corrected chi connectivity index (χ3v) is 4.41. The van der Waals surface area contributed by atoms with Crippen LogP contribution in [0.5, 0.6) is 0 Å². The zero-order valence-corrected chi connectivity index (χ0v) is 13.3. The molecule has 0 radical (unpaired) electrons. The van der Waals surface area contributed by atoms with Crippen molar-refractivity contribution < 1.29 is 4.79 Å². The minimum Gasteiger partial charge on any atom is -0.369 e. The van der Waals surface area contributed by atoms with Gasteiger partial charge in [-0.15, -0.1) is 0 Å². The fraction of sp³-hybridized carbons (Fsp3) is 0.143. The Hall–Kier alpha value is -2.19. The Morgan fingerprint density at radius 1 is 1.41 bits per heavy atom. The largest absolute Gasteiger partial charge is 0.369 e. The number of carbonyl (C=O) groups excluding carboxylic acids is 1. The Balaban J connectivity index is 2.12. The molecule has 2 heterocycles. The molecule has 0 aliphatic carbocycles. The molecule has 0 bridgehead atoms. The van der Waals surface area contributed by atoms with E-state index in [4.69, 9.17) is 18.0 Å². The maximum atomic E-state index is 11.2.